The number of benzene rings is 2. The zero-order valence-electron chi connectivity index (χ0n) is 13.4. The number of carbonyl (C=O) groups excluding carboxylic acids is 1. The zero-order chi connectivity index (χ0) is 15.7. The quantitative estimate of drug-likeness (QED) is 0.824. The van der Waals surface area contributed by atoms with Crippen LogP contribution in [0.5, 0.6) is 0 Å². The first-order valence-corrected chi connectivity index (χ1v) is 7.97. The fourth-order valence-electron chi connectivity index (χ4n) is 3.95. The summed E-state index contributed by atoms with van der Waals surface area (Å²) in [7, 11) is 2.15. The van der Waals surface area contributed by atoms with Gasteiger partial charge in [0.1, 0.15) is 5.78 Å². The van der Waals surface area contributed by atoms with E-state index in [1.807, 2.05) is 12.1 Å². The molecule has 1 fully saturated rings. The molecule has 0 N–H and O–H groups in total. The lowest BCUT2D eigenvalue weighted by Gasteiger charge is -2.46. The van der Waals surface area contributed by atoms with Crippen molar-refractivity contribution >= 4 is 5.78 Å². The summed E-state index contributed by atoms with van der Waals surface area (Å²) in [5, 5.41) is 0. The van der Waals surface area contributed by atoms with Gasteiger partial charge in [-0.3, -0.25) is 9.69 Å². The van der Waals surface area contributed by atoms with Crippen LogP contribution in [-0.2, 0) is 4.79 Å². The number of Topliss-reactive ketones (excluding diaryl/α,β-unsaturated/α-hetero) is 1. The Bertz CT molecular complexity index is 582. The van der Waals surface area contributed by atoms with Gasteiger partial charge in [-0.05, 0) is 18.2 Å². The number of carbonyl (C=O) groups is 1. The SMILES string of the molecule is C[C@@H]1C(=O)[C@@H](C)[C@H](c2ccccc2)N(C)[C@@H]1c1ccccc1. The second-order valence-electron chi connectivity index (χ2n) is 6.36. The maximum atomic E-state index is 12.8. The third-order valence-electron chi connectivity index (χ3n) is 5.00. The van der Waals surface area contributed by atoms with E-state index >= 15 is 0 Å². The first kappa shape index (κ1) is 15.0. The average Bonchev–Trinajstić information content (AvgIpc) is 2.55. The van der Waals surface area contributed by atoms with Crippen LogP contribution in [-0.4, -0.2) is 17.7 Å². The molecule has 0 saturated carbocycles. The number of ketones is 1. The van der Waals surface area contributed by atoms with E-state index in [1.54, 1.807) is 0 Å². The molecule has 1 heterocycles. The van der Waals surface area contributed by atoms with Gasteiger partial charge in [-0.15, -0.1) is 0 Å². The van der Waals surface area contributed by atoms with E-state index in [9.17, 15) is 4.79 Å². The van der Waals surface area contributed by atoms with E-state index in [0.29, 0.717) is 5.78 Å². The van der Waals surface area contributed by atoms with E-state index < -0.39 is 0 Å². The van der Waals surface area contributed by atoms with Gasteiger partial charge in [0.05, 0.1) is 0 Å². The lowest BCUT2D eigenvalue weighted by atomic mass is 9.75. The van der Waals surface area contributed by atoms with Crippen molar-refractivity contribution in [2.24, 2.45) is 11.8 Å². The minimum atomic E-state index is 0.0161. The third-order valence-corrected chi connectivity index (χ3v) is 5.00. The Morgan fingerprint density at radius 3 is 1.45 bits per heavy atom. The molecule has 0 radical (unpaired) electrons. The molecule has 114 valence electrons. The molecule has 0 amide bonds. The van der Waals surface area contributed by atoms with Crippen LogP contribution in [0.2, 0.25) is 0 Å². The van der Waals surface area contributed by atoms with Crippen LogP contribution in [0.15, 0.2) is 60.7 Å². The molecule has 1 aliphatic rings. The first-order valence-electron chi connectivity index (χ1n) is 7.97. The Morgan fingerprint density at radius 1 is 0.727 bits per heavy atom. The maximum absolute atomic E-state index is 12.8. The molecular formula is C20H23NO. The summed E-state index contributed by atoms with van der Waals surface area (Å²) in [5.41, 5.74) is 2.44. The monoisotopic (exact) mass is 293 g/mol. The minimum absolute atomic E-state index is 0.0161. The van der Waals surface area contributed by atoms with Gasteiger partial charge in [-0.2, -0.15) is 0 Å². The molecule has 22 heavy (non-hydrogen) atoms. The van der Waals surface area contributed by atoms with E-state index in [4.69, 9.17) is 0 Å². The highest BCUT2D eigenvalue weighted by Gasteiger charge is 2.43. The highest BCUT2D eigenvalue weighted by Crippen LogP contribution is 2.44. The Labute approximate surface area is 132 Å². The van der Waals surface area contributed by atoms with Crippen LogP contribution in [0.3, 0.4) is 0 Å². The van der Waals surface area contributed by atoms with Gasteiger partial charge >= 0.3 is 0 Å². The highest BCUT2D eigenvalue weighted by molar-refractivity contribution is 5.85. The van der Waals surface area contributed by atoms with Crippen molar-refractivity contribution in [2.75, 3.05) is 7.05 Å². The maximum Gasteiger partial charge on any atom is 0.142 e. The van der Waals surface area contributed by atoms with Gasteiger partial charge in [0.2, 0.25) is 0 Å². The van der Waals surface area contributed by atoms with E-state index in [2.05, 4.69) is 74.3 Å². The predicted octanol–water partition coefficient (Wildman–Crippen LogP) is 4.26. The summed E-state index contributed by atoms with van der Waals surface area (Å²) in [6.45, 7) is 4.13. The zero-order valence-corrected chi connectivity index (χ0v) is 13.4. The van der Waals surface area contributed by atoms with Crippen LogP contribution in [0.25, 0.3) is 0 Å². The second-order valence-corrected chi connectivity index (χ2v) is 6.36. The average molecular weight is 293 g/mol. The molecule has 3 rings (SSSR count). The molecule has 2 aromatic carbocycles. The smallest absolute Gasteiger partial charge is 0.142 e. The number of rotatable bonds is 2. The molecule has 2 nitrogen and oxygen atoms in total. The largest absolute Gasteiger partial charge is 0.299 e. The van der Waals surface area contributed by atoms with Crippen LogP contribution < -0.4 is 0 Å². The summed E-state index contributed by atoms with van der Waals surface area (Å²) in [6.07, 6.45) is 0. The lowest BCUT2D eigenvalue weighted by molar-refractivity contribution is -0.136. The summed E-state index contributed by atoms with van der Waals surface area (Å²) >= 11 is 0. The normalized spacial score (nSPS) is 29.5. The fraction of sp³-hybridized carbons (Fsp3) is 0.350. The molecule has 0 aliphatic carbocycles. The Hall–Kier alpha value is -1.93. The Balaban J connectivity index is 2.03. The molecule has 1 saturated heterocycles. The molecule has 0 spiro atoms. The van der Waals surface area contributed by atoms with Crippen LogP contribution in [0, 0.1) is 11.8 Å². The molecule has 1 aliphatic heterocycles. The molecule has 2 aromatic rings. The first-order chi connectivity index (χ1) is 10.6. The number of likely N-dealkylation sites (tertiary alicyclic amines) is 1. The van der Waals surface area contributed by atoms with E-state index in [-0.39, 0.29) is 23.9 Å². The highest BCUT2D eigenvalue weighted by atomic mass is 16.1. The lowest BCUT2D eigenvalue weighted by Crippen LogP contribution is -2.47. The van der Waals surface area contributed by atoms with Crippen molar-refractivity contribution in [3.05, 3.63) is 71.8 Å². The van der Waals surface area contributed by atoms with Crippen molar-refractivity contribution in [3.63, 3.8) is 0 Å². The van der Waals surface area contributed by atoms with E-state index in [0.717, 1.165) is 0 Å². The molecule has 0 unspecified atom stereocenters. The van der Waals surface area contributed by atoms with Gasteiger partial charge in [-0.25, -0.2) is 0 Å². The van der Waals surface area contributed by atoms with Gasteiger partial charge in [0.25, 0.3) is 0 Å². The van der Waals surface area contributed by atoms with Crippen LogP contribution >= 0.6 is 0 Å². The number of hydrogen-bond donors (Lipinski definition) is 0. The summed E-state index contributed by atoms with van der Waals surface area (Å²) in [4.78, 5) is 15.2. The number of hydrogen-bond acceptors (Lipinski definition) is 2. The molecule has 0 aromatic heterocycles. The fourth-order valence-corrected chi connectivity index (χ4v) is 3.95. The molecule has 4 atom stereocenters. The van der Waals surface area contributed by atoms with Crippen molar-refractivity contribution in [2.45, 2.75) is 25.9 Å². The second kappa shape index (κ2) is 6.05. The summed E-state index contributed by atoms with van der Waals surface area (Å²) in [6, 6.07) is 21.0. The van der Waals surface area contributed by atoms with E-state index in [1.165, 1.54) is 11.1 Å². The predicted molar refractivity (Wildman–Crippen MR) is 89.5 cm³/mol. The minimum Gasteiger partial charge on any atom is -0.299 e. The van der Waals surface area contributed by atoms with Gasteiger partial charge in [-0.1, -0.05) is 74.5 Å². The Morgan fingerprint density at radius 2 is 1.09 bits per heavy atom. The standard InChI is InChI=1S/C20H23NO/c1-14-18(16-10-6-4-7-11-16)21(3)19(15(2)20(14)22)17-12-8-5-9-13-17/h4-15,18-19H,1-3H3/t14-,15-,18-,19+/m0/s1. The van der Waals surface area contributed by atoms with Crippen molar-refractivity contribution in [1.82, 2.24) is 4.90 Å². The molecular weight excluding hydrogens is 270 g/mol. The van der Waals surface area contributed by atoms with Crippen molar-refractivity contribution in [1.29, 1.82) is 0 Å². The summed E-state index contributed by atoms with van der Waals surface area (Å²) < 4.78 is 0. The van der Waals surface area contributed by atoms with Crippen LogP contribution in [0.1, 0.15) is 37.1 Å². The topological polar surface area (TPSA) is 20.3 Å². The van der Waals surface area contributed by atoms with Gasteiger partial charge < -0.3 is 0 Å². The van der Waals surface area contributed by atoms with Crippen LogP contribution in [0.4, 0.5) is 0 Å². The summed E-state index contributed by atoms with van der Waals surface area (Å²) in [5.74, 6) is 0.394. The van der Waals surface area contributed by atoms with Gasteiger partial charge in [0.15, 0.2) is 0 Å². The van der Waals surface area contributed by atoms with Crippen molar-refractivity contribution in [3.8, 4) is 0 Å². The Kier molecular flexibility index (Phi) is 4.12. The number of nitrogens with zero attached hydrogens (tertiary/aromatic N) is 1. The van der Waals surface area contributed by atoms with Crippen molar-refractivity contribution < 1.29 is 4.79 Å². The number of piperidine rings is 1. The third kappa shape index (κ3) is 2.48. The molecule has 2 heteroatoms. The molecule has 0 bridgehead atoms. The van der Waals surface area contributed by atoms with Gasteiger partial charge in [0, 0.05) is 23.9 Å².